The van der Waals surface area contributed by atoms with E-state index in [1.54, 1.807) is 20.8 Å². The normalized spacial score (nSPS) is 19.3. The molecule has 0 radical (unpaired) electrons. The van der Waals surface area contributed by atoms with Crippen molar-refractivity contribution in [3.05, 3.63) is 23.9 Å². The van der Waals surface area contributed by atoms with Gasteiger partial charge < -0.3 is 78.6 Å². The van der Waals surface area contributed by atoms with Gasteiger partial charge in [0.05, 0.1) is 44.4 Å². The SMILES string of the molecule is C=C(NC(=C)[S+]([O-])C[C@H](NC(=O)CNC(=O)[C@@H](NC(=O)CNC(C)=O)[C@@H](C)CC)C(=O)N[C@@H](CC(N)=O)C(=O)N1C[C@H](O)C[C@H]1C(=O)N[C@H](C(N)=O)[C@@H](C)[C@@H](O)CO)C(O)C(C)C(C)C. The first kappa shape index (κ1) is 57.7. The van der Waals surface area contributed by atoms with Gasteiger partial charge in [0.15, 0.2) is 6.04 Å². The van der Waals surface area contributed by atoms with E-state index in [2.05, 4.69) is 50.4 Å². The highest BCUT2D eigenvalue weighted by molar-refractivity contribution is 7.95. The van der Waals surface area contributed by atoms with Gasteiger partial charge in [0.25, 0.3) is 0 Å². The van der Waals surface area contributed by atoms with Crippen LogP contribution in [0, 0.1) is 23.7 Å². The molecule has 1 aliphatic rings. The summed E-state index contributed by atoms with van der Waals surface area (Å²) in [6.45, 7) is 16.4. The third-order valence-electron chi connectivity index (χ3n) is 11.0. The summed E-state index contributed by atoms with van der Waals surface area (Å²) in [6.07, 6.45) is -4.80. The molecule has 3 unspecified atom stereocenters. The van der Waals surface area contributed by atoms with Gasteiger partial charge in [0.1, 0.15) is 29.9 Å². The van der Waals surface area contributed by atoms with Crippen LogP contribution in [0.4, 0.5) is 0 Å². The van der Waals surface area contributed by atoms with Gasteiger partial charge in [-0.05, 0) is 24.3 Å². The number of nitrogens with zero attached hydrogens (tertiary/aromatic N) is 1. The van der Waals surface area contributed by atoms with Gasteiger partial charge in [-0.25, -0.2) is 0 Å². The number of likely N-dealkylation sites (tertiary alicyclic amines) is 1. The molecular formula is C40H68N10O14S. The van der Waals surface area contributed by atoms with Crippen molar-refractivity contribution in [2.24, 2.45) is 35.1 Å². The number of carbonyl (C=O) groups is 9. The lowest BCUT2D eigenvalue weighted by Gasteiger charge is -2.31. The molecule has 12 atom stereocenters. The van der Waals surface area contributed by atoms with Crippen LogP contribution in [-0.4, -0.2) is 164 Å². The number of rotatable bonds is 28. The van der Waals surface area contributed by atoms with Crippen LogP contribution in [0.1, 0.15) is 67.7 Å². The minimum atomic E-state index is -2.27. The molecule has 0 aliphatic carbocycles. The molecule has 65 heavy (non-hydrogen) atoms. The van der Waals surface area contributed by atoms with Crippen molar-refractivity contribution in [2.75, 3.05) is 32.0 Å². The van der Waals surface area contributed by atoms with Crippen molar-refractivity contribution in [3.8, 4) is 0 Å². The summed E-state index contributed by atoms with van der Waals surface area (Å²) in [5.41, 5.74) is 10.9. The average molecular weight is 945 g/mol. The summed E-state index contributed by atoms with van der Waals surface area (Å²) in [5, 5.41) is 57.2. The zero-order valence-electron chi connectivity index (χ0n) is 37.9. The van der Waals surface area contributed by atoms with E-state index in [0.29, 0.717) is 6.42 Å². The Bertz CT molecular complexity index is 1750. The number of hydrogen-bond donors (Lipinski definition) is 13. The molecule has 1 aliphatic heterocycles. The topological polar surface area (TPSA) is 397 Å². The number of hydrogen-bond acceptors (Lipinski definition) is 15. The minimum Gasteiger partial charge on any atom is -0.610 e. The molecule has 0 aromatic rings. The molecule has 1 heterocycles. The predicted octanol–water partition coefficient (Wildman–Crippen LogP) is -5.49. The molecule has 0 aromatic heterocycles. The molecule has 368 valence electrons. The average Bonchev–Trinajstić information content (AvgIpc) is 3.64. The smallest absolute Gasteiger partial charge is 0.248 e. The first-order valence-electron chi connectivity index (χ1n) is 20.9. The second-order valence-electron chi connectivity index (χ2n) is 16.4. The minimum absolute atomic E-state index is 0.0118. The number of carbonyl (C=O) groups excluding carboxylic acids is 9. The van der Waals surface area contributed by atoms with E-state index in [9.17, 15) is 68.1 Å². The molecule has 0 aromatic carbocycles. The molecule has 1 saturated heterocycles. The van der Waals surface area contributed by atoms with E-state index < -0.39 is 163 Å². The Balaban J connectivity index is 3.49. The Morgan fingerprint density at radius 2 is 1.42 bits per heavy atom. The summed E-state index contributed by atoms with van der Waals surface area (Å²) >= 11 is -2.27. The zero-order valence-corrected chi connectivity index (χ0v) is 38.7. The molecule has 9 amide bonds. The summed E-state index contributed by atoms with van der Waals surface area (Å²) in [6, 6.07) is -7.93. The van der Waals surface area contributed by atoms with Gasteiger partial charge in [0.2, 0.25) is 58.2 Å². The number of nitrogens with two attached hydrogens (primary N) is 2. The highest BCUT2D eigenvalue weighted by Gasteiger charge is 2.44. The van der Waals surface area contributed by atoms with E-state index in [4.69, 9.17) is 11.5 Å². The van der Waals surface area contributed by atoms with Gasteiger partial charge in [-0.1, -0.05) is 54.5 Å². The molecular weight excluding hydrogens is 877 g/mol. The Kier molecular flexibility index (Phi) is 24.1. The number of aliphatic hydroxyl groups is 4. The first-order chi connectivity index (χ1) is 30.2. The number of amides is 9. The Morgan fingerprint density at radius 1 is 0.831 bits per heavy atom. The highest BCUT2D eigenvalue weighted by Crippen LogP contribution is 2.22. The van der Waals surface area contributed by atoms with Crippen molar-refractivity contribution in [3.63, 3.8) is 0 Å². The van der Waals surface area contributed by atoms with Crippen LogP contribution in [0.15, 0.2) is 23.9 Å². The monoisotopic (exact) mass is 944 g/mol. The number of nitrogens with one attached hydrogen (secondary N) is 7. The maximum atomic E-state index is 14.1. The van der Waals surface area contributed by atoms with Crippen molar-refractivity contribution in [1.29, 1.82) is 0 Å². The number of aliphatic hydroxyl groups excluding tert-OH is 4. The van der Waals surface area contributed by atoms with Crippen LogP contribution >= 0.6 is 0 Å². The second-order valence-corrected chi connectivity index (χ2v) is 18.0. The van der Waals surface area contributed by atoms with Crippen molar-refractivity contribution < 1.29 is 68.1 Å². The van der Waals surface area contributed by atoms with Gasteiger partial charge in [-0.2, -0.15) is 0 Å². The van der Waals surface area contributed by atoms with Crippen LogP contribution in [0.3, 0.4) is 0 Å². The van der Waals surface area contributed by atoms with Crippen LogP contribution in [0.2, 0.25) is 0 Å². The van der Waals surface area contributed by atoms with Crippen LogP contribution in [0.5, 0.6) is 0 Å². The summed E-state index contributed by atoms with van der Waals surface area (Å²) in [5.74, 6) is -11.2. The number of β-amino-alcohol motifs (C(OH)–C–C–N with tert-alkyl or cyclic N) is 1. The lowest BCUT2D eigenvalue weighted by molar-refractivity contribution is -0.143. The summed E-state index contributed by atoms with van der Waals surface area (Å²) in [7, 11) is 0. The molecule has 24 nitrogen and oxygen atoms in total. The zero-order chi connectivity index (χ0) is 50.0. The van der Waals surface area contributed by atoms with Crippen LogP contribution in [0.25, 0.3) is 0 Å². The van der Waals surface area contributed by atoms with E-state index in [-0.39, 0.29) is 29.0 Å². The summed E-state index contributed by atoms with van der Waals surface area (Å²) < 4.78 is 13.6. The second kappa shape index (κ2) is 27.2. The molecule has 0 saturated carbocycles. The largest absolute Gasteiger partial charge is 0.610 e. The fourth-order valence-corrected chi connectivity index (χ4v) is 7.34. The first-order valence-corrected chi connectivity index (χ1v) is 22.3. The molecule has 0 bridgehead atoms. The molecule has 1 fully saturated rings. The third kappa shape index (κ3) is 18.6. The van der Waals surface area contributed by atoms with E-state index in [1.165, 1.54) is 13.8 Å². The van der Waals surface area contributed by atoms with Crippen molar-refractivity contribution in [2.45, 2.75) is 116 Å². The predicted molar refractivity (Wildman–Crippen MR) is 235 cm³/mol. The Hall–Kier alpha value is -5.34. The van der Waals surface area contributed by atoms with Crippen molar-refractivity contribution >= 4 is 64.3 Å². The van der Waals surface area contributed by atoms with E-state index in [0.717, 1.165) is 4.90 Å². The Labute approximate surface area is 381 Å². The summed E-state index contributed by atoms with van der Waals surface area (Å²) in [4.78, 5) is 117. The maximum absolute atomic E-state index is 14.1. The lowest BCUT2D eigenvalue weighted by Crippen LogP contribution is -2.60. The number of primary amides is 2. The van der Waals surface area contributed by atoms with Gasteiger partial charge >= 0.3 is 0 Å². The Morgan fingerprint density at radius 3 is 1.94 bits per heavy atom. The fraction of sp³-hybridized carbons (Fsp3) is 0.675. The molecule has 1 rings (SSSR count). The van der Waals surface area contributed by atoms with Gasteiger partial charge in [0, 0.05) is 42.7 Å². The molecule has 15 N–H and O–H groups in total. The van der Waals surface area contributed by atoms with E-state index >= 15 is 0 Å². The quantitative estimate of drug-likeness (QED) is 0.0326. The van der Waals surface area contributed by atoms with Crippen molar-refractivity contribution in [1.82, 2.24) is 42.1 Å². The van der Waals surface area contributed by atoms with Crippen LogP contribution in [-0.2, 0) is 54.3 Å². The lowest BCUT2D eigenvalue weighted by atomic mass is 9.91. The third-order valence-corrected chi connectivity index (χ3v) is 12.3. The molecule has 25 heteroatoms. The van der Waals surface area contributed by atoms with Gasteiger partial charge in [-0.3, -0.25) is 43.2 Å². The maximum Gasteiger partial charge on any atom is 0.248 e. The molecule has 0 spiro atoms. The standard InChI is InChI=1S/C40H68N10O14S/c1-10-19(4)33(48-32(57)13-43-23(8)52)39(62)44-14-31(56)46-27(17-65(64)24(9)45-22(7)35(58)20(5)18(2)3)37(60)47-26(12-30(41)55)40(63)50-15-25(53)11-28(50)38(61)49-34(36(42)59)21(6)29(54)16-51/h18-21,25-29,33-35,45,51,53-54,58H,7,9-17H2,1-6,8H3,(H2,41,55)(H2,42,59)(H,43,52)(H,44,62)(H,46,56)(H,47,60)(H,48,57)(H,49,61)/t19-,20?,21-,25+,26-,27-,28-,29-,33-,34-,35?,65?/m0/s1. The van der Waals surface area contributed by atoms with Crippen LogP contribution < -0.4 is 48.7 Å². The van der Waals surface area contributed by atoms with E-state index in [1.807, 2.05) is 13.8 Å². The highest BCUT2D eigenvalue weighted by atomic mass is 32.2. The van der Waals surface area contributed by atoms with Gasteiger partial charge in [-0.15, -0.1) is 0 Å². The fourth-order valence-electron chi connectivity index (χ4n) is 6.36.